The average molecular weight is 383 g/mol. The molecule has 6 heteroatoms. The fourth-order valence-corrected chi connectivity index (χ4v) is 3.00. The van der Waals surface area contributed by atoms with Crippen LogP contribution in [0.4, 0.5) is 5.82 Å². The Labute approximate surface area is 164 Å². The van der Waals surface area contributed by atoms with Gasteiger partial charge < -0.3 is 10.6 Å². The zero-order chi connectivity index (χ0) is 19.4. The Morgan fingerprint density at radius 3 is 2.56 bits per heavy atom. The van der Waals surface area contributed by atoms with Crippen LogP contribution in [0.5, 0.6) is 0 Å². The minimum atomic E-state index is -0.120. The largest absolute Gasteiger partial charge is 0.309 e. The van der Waals surface area contributed by atoms with E-state index in [2.05, 4.69) is 15.7 Å². The molecule has 1 heterocycles. The summed E-state index contributed by atoms with van der Waals surface area (Å²) in [4.78, 5) is 12.4. The van der Waals surface area contributed by atoms with Crippen LogP contribution in [0.1, 0.15) is 29.8 Å². The van der Waals surface area contributed by atoms with Gasteiger partial charge in [0, 0.05) is 17.1 Å². The zero-order valence-corrected chi connectivity index (χ0v) is 16.4. The molecule has 1 aromatic heterocycles. The molecule has 0 radical (unpaired) electrons. The predicted molar refractivity (Wildman–Crippen MR) is 110 cm³/mol. The first-order chi connectivity index (χ1) is 12.9. The number of anilines is 1. The summed E-state index contributed by atoms with van der Waals surface area (Å²) in [6.07, 6.45) is 0. The first-order valence-electron chi connectivity index (χ1n) is 8.85. The second kappa shape index (κ2) is 8.37. The van der Waals surface area contributed by atoms with Crippen molar-refractivity contribution in [2.24, 2.45) is 0 Å². The van der Waals surface area contributed by atoms with Crippen molar-refractivity contribution in [2.75, 3.05) is 11.9 Å². The van der Waals surface area contributed by atoms with Crippen LogP contribution < -0.4 is 10.6 Å². The van der Waals surface area contributed by atoms with Crippen molar-refractivity contribution < 1.29 is 4.79 Å². The third-order valence-corrected chi connectivity index (χ3v) is 4.63. The number of carbonyl (C=O) groups is 1. The van der Waals surface area contributed by atoms with E-state index in [1.54, 1.807) is 4.68 Å². The summed E-state index contributed by atoms with van der Waals surface area (Å²) < 4.78 is 1.77. The van der Waals surface area contributed by atoms with Crippen molar-refractivity contribution in [3.63, 3.8) is 0 Å². The Kier molecular flexibility index (Phi) is 5.94. The standard InChI is InChI=1S/C21H23ClN4O/c1-14-6-4-5-7-19(14)26-20(12-15(2)25-26)24-21(27)13-23-16(3)17-8-10-18(22)11-9-17/h4-12,16,23H,13H2,1-3H3,(H,24,27). The van der Waals surface area contributed by atoms with Gasteiger partial charge in [-0.1, -0.05) is 41.9 Å². The molecule has 0 saturated carbocycles. The van der Waals surface area contributed by atoms with E-state index in [0.717, 1.165) is 22.5 Å². The highest BCUT2D eigenvalue weighted by molar-refractivity contribution is 6.30. The molecule has 2 N–H and O–H groups in total. The highest BCUT2D eigenvalue weighted by Gasteiger charge is 2.13. The molecular formula is C21H23ClN4O. The van der Waals surface area contributed by atoms with Gasteiger partial charge in [0.05, 0.1) is 17.9 Å². The van der Waals surface area contributed by atoms with E-state index < -0.39 is 0 Å². The Morgan fingerprint density at radius 2 is 1.85 bits per heavy atom. The van der Waals surface area contributed by atoms with Crippen LogP contribution in [0, 0.1) is 13.8 Å². The van der Waals surface area contributed by atoms with E-state index in [1.807, 2.05) is 75.4 Å². The van der Waals surface area contributed by atoms with Crippen molar-refractivity contribution in [1.82, 2.24) is 15.1 Å². The van der Waals surface area contributed by atoms with Gasteiger partial charge in [-0.3, -0.25) is 4.79 Å². The number of halogens is 1. The molecule has 3 aromatic rings. The lowest BCUT2D eigenvalue weighted by atomic mass is 10.1. The number of aryl methyl sites for hydroxylation is 2. The number of hydrogen-bond donors (Lipinski definition) is 2. The van der Waals surface area contributed by atoms with E-state index in [1.165, 1.54) is 0 Å². The Bertz CT molecular complexity index is 934. The minimum Gasteiger partial charge on any atom is -0.309 e. The Morgan fingerprint density at radius 1 is 1.15 bits per heavy atom. The summed E-state index contributed by atoms with van der Waals surface area (Å²) in [6, 6.07) is 17.4. The molecule has 140 valence electrons. The van der Waals surface area contributed by atoms with Crippen LogP contribution in [-0.4, -0.2) is 22.2 Å². The van der Waals surface area contributed by atoms with E-state index in [-0.39, 0.29) is 18.5 Å². The van der Waals surface area contributed by atoms with E-state index in [4.69, 9.17) is 11.6 Å². The summed E-state index contributed by atoms with van der Waals surface area (Å²) in [5.74, 6) is 0.540. The maximum atomic E-state index is 12.4. The summed E-state index contributed by atoms with van der Waals surface area (Å²) in [5, 5.41) is 11.4. The molecule has 0 aliphatic heterocycles. The lowest BCUT2D eigenvalue weighted by Gasteiger charge is -2.15. The summed E-state index contributed by atoms with van der Waals surface area (Å²) in [7, 11) is 0. The Balaban J connectivity index is 1.66. The van der Waals surface area contributed by atoms with Crippen molar-refractivity contribution in [3.8, 4) is 5.69 Å². The first-order valence-corrected chi connectivity index (χ1v) is 9.23. The summed E-state index contributed by atoms with van der Waals surface area (Å²) in [6.45, 7) is 6.14. The molecule has 0 spiro atoms. The Hall–Kier alpha value is -2.63. The highest BCUT2D eigenvalue weighted by Crippen LogP contribution is 2.20. The van der Waals surface area contributed by atoms with Gasteiger partial charge in [0.15, 0.2) is 0 Å². The number of nitrogens with zero attached hydrogens (tertiary/aromatic N) is 2. The first kappa shape index (κ1) is 19.1. The van der Waals surface area contributed by atoms with Crippen molar-refractivity contribution in [2.45, 2.75) is 26.8 Å². The molecule has 1 atom stereocenters. The fraction of sp³-hybridized carbons (Fsp3) is 0.238. The van der Waals surface area contributed by atoms with Gasteiger partial charge in [-0.2, -0.15) is 5.10 Å². The summed E-state index contributed by atoms with van der Waals surface area (Å²) >= 11 is 5.92. The van der Waals surface area contributed by atoms with Gasteiger partial charge in [0.25, 0.3) is 0 Å². The number of amides is 1. The molecule has 0 saturated heterocycles. The number of benzene rings is 2. The minimum absolute atomic E-state index is 0.0380. The molecule has 3 rings (SSSR count). The third kappa shape index (κ3) is 4.76. The second-order valence-corrected chi connectivity index (χ2v) is 7.01. The SMILES string of the molecule is Cc1cc(NC(=O)CNC(C)c2ccc(Cl)cc2)n(-c2ccccc2C)n1. The zero-order valence-electron chi connectivity index (χ0n) is 15.7. The second-order valence-electron chi connectivity index (χ2n) is 6.57. The maximum Gasteiger partial charge on any atom is 0.239 e. The normalized spacial score (nSPS) is 12.0. The molecule has 1 amide bonds. The smallest absolute Gasteiger partial charge is 0.239 e. The van der Waals surface area contributed by atoms with Crippen LogP contribution in [0.15, 0.2) is 54.6 Å². The quantitative estimate of drug-likeness (QED) is 0.663. The van der Waals surface area contributed by atoms with Crippen LogP contribution in [-0.2, 0) is 4.79 Å². The number of rotatable bonds is 6. The van der Waals surface area contributed by atoms with Crippen LogP contribution >= 0.6 is 11.6 Å². The maximum absolute atomic E-state index is 12.4. The molecule has 0 bridgehead atoms. The monoisotopic (exact) mass is 382 g/mol. The number of hydrogen-bond acceptors (Lipinski definition) is 3. The number of aromatic nitrogens is 2. The van der Waals surface area contributed by atoms with Crippen LogP contribution in [0.25, 0.3) is 5.69 Å². The van der Waals surface area contributed by atoms with Gasteiger partial charge in [-0.25, -0.2) is 4.68 Å². The van der Waals surface area contributed by atoms with Gasteiger partial charge in [0.2, 0.25) is 5.91 Å². The van der Waals surface area contributed by atoms with Gasteiger partial charge >= 0.3 is 0 Å². The van der Waals surface area contributed by atoms with Crippen molar-refractivity contribution >= 4 is 23.3 Å². The van der Waals surface area contributed by atoms with Crippen molar-refractivity contribution in [3.05, 3.63) is 76.4 Å². The van der Waals surface area contributed by atoms with Crippen LogP contribution in [0.2, 0.25) is 5.02 Å². The third-order valence-electron chi connectivity index (χ3n) is 4.38. The topological polar surface area (TPSA) is 59.0 Å². The molecule has 0 fully saturated rings. The molecule has 27 heavy (non-hydrogen) atoms. The predicted octanol–water partition coefficient (Wildman–Crippen LogP) is 4.43. The molecule has 0 aliphatic rings. The lowest BCUT2D eigenvalue weighted by Crippen LogP contribution is -2.30. The number of nitrogens with one attached hydrogen (secondary N) is 2. The molecule has 2 aromatic carbocycles. The van der Waals surface area contributed by atoms with E-state index in [0.29, 0.717) is 10.8 Å². The molecule has 5 nitrogen and oxygen atoms in total. The van der Waals surface area contributed by atoms with E-state index >= 15 is 0 Å². The van der Waals surface area contributed by atoms with E-state index in [9.17, 15) is 4.79 Å². The summed E-state index contributed by atoms with van der Waals surface area (Å²) in [5.41, 5.74) is 3.96. The van der Waals surface area contributed by atoms with Crippen LogP contribution in [0.3, 0.4) is 0 Å². The van der Waals surface area contributed by atoms with Gasteiger partial charge in [-0.05, 0) is 50.1 Å². The number of para-hydroxylation sites is 1. The van der Waals surface area contributed by atoms with Gasteiger partial charge in [-0.15, -0.1) is 0 Å². The fourth-order valence-electron chi connectivity index (χ4n) is 2.88. The highest BCUT2D eigenvalue weighted by atomic mass is 35.5. The number of carbonyl (C=O) groups excluding carboxylic acids is 1. The molecule has 1 unspecified atom stereocenters. The average Bonchev–Trinajstić information content (AvgIpc) is 3.00. The van der Waals surface area contributed by atoms with Crippen molar-refractivity contribution in [1.29, 1.82) is 0 Å². The van der Waals surface area contributed by atoms with Gasteiger partial charge in [0.1, 0.15) is 5.82 Å². The molecular weight excluding hydrogens is 360 g/mol. The lowest BCUT2D eigenvalue weighted by molar-refractivity contribution is -0.115. The molecule has 0 aliphatic carbocycles.